The second-order valence-electron chi connectivity index (χ2n) is 7.06. The number of carbonyl (C=O) groups is 4. The molecule has 204 valence electrons. The highest BCUT2D eigenvalue weighted by Gasteiger charge is 2.19. The van der Waals surface area contributed by atoms with E-state index in [1.165, 1.54) is 0 Å². The van der Waals surface area contributed by atoms with E-state index in [1.54, 1.807) is 13.8 Å². The molecule has 0 aromatic carbocycles. The Balaban J connectivity index is 3.86. The van der Waals surface area contributed by atoms with E-state index in [9.17, 15) is 28.6 Å². The average Bonchev–Trinajstić information content (AvgIpc) is 2.74. The summed E-state index contributed by atoms with van der Waals surface area (Å²) in [5.74, 6) is -1.88. The zero-order valence-corrected chi connectivity index (χ0v) is 21.2. The molecule has 16 heteroatoms. The van der Waals surface area contributed by atoms with Crippen LogP contribution in [-0.2, 0) is 51.7 Å². The van der Waals surface area contributed by atoms with Crippen molar-refractivity contribution in [3.05, 3.63) is 0 Å². The fraction of sp³-hybridized carbons (Fsp3) is 0.789. The molecule has 15 nitrogen and oxygen atoms in total. The fourth-order valence-electron chi connectivity index (χ4n) is 2.03. The van der Waals surface area contributed by atoms with E-state index in [1.807, 2.05) is 0 Å². The Morgan fingerprint density at radius 1 is 0.857 bits per heavy atom. The molecule has 0 aliphatic carbocycles. The van der Waals surface area contributed by atoms with Crippen LogP contribution in [0.3, 0.4) is 0 Å². The molecule has 0 rings (SSSR count). The third-order valence-electron chi connectivity index (χ3n) is 3.37. The van der Waals surface area contributed by atoms with Gasteiger partial charge in [-0.3, -0.25) is 18.9 Å². The number of nitrogens with one attached hydrogen (secondary N) is 2. The standard InChI is InChI=1S/C19H35N2O13P/c1-14(2)21-19(25)30-10-9-28-7-8-29-13-18(24)20-5-6-32-35(26,27)33-12-17(34-16(4)23)11-31-15(3)22/h14,17H,5-13H2,1-4H3,(H,20,24)(H,21,25)(H,26,27)/p-1/t17-/m1/s1. The lowest BCUT2D eigenvalue weighted by molar-refractivity contribution is -0.228. The molecule has 0 radical (unpaired) electrons. The molecule has 35 heavy (non-hydrogen) atoms. The Morgan fingerprint density at radius 3 is 2.14 bits per heavy atom. The van der Waals surface area contributed by atoms with Gasteiger partial charge in [-0.1, -0.05) is 0 Å². The number of rotatable bonds is 19. The van der Waals surface area contributed by atoms with Crippen LogP contribution in [-0.4, -0.2) is 95.5 Å². The maximum atomic E-state index is 11.8. The summed E-state index contributed by atoms with van der Waals surface area (Å²) in [6.45, 7) is 4.50. The van der Waals surface area contributed by atoms with Gasteiger partial charge in [0.05, 0.1) is 33.0 Å². The Hall–Kier alpha value is -2.29. The van der Waals surface area contributed by atoms with Crippen molar-refractivity contribution in [2.75, 3.05) is 59.4 Å². The van der Waals surface area contributed by atoms with Gasteiger partial charge in [-0.15, -0.1) is 0 Å². The van der Waals surface area contributed by atoms with Crippen LogP contribution in [0.1, 0.15) is 27.7 Å². The van der Waals surface area contributed by atoms with E-state index in [4.69, 9.17) is 18.9 Å². The quantitative estimate of drug-likeness (QED) is 0.0920. The summed E-state index contributed by atoms with van der Waals surface area (Å²) >= 11 is 0. The van der Waals surface area contributed by atoms with Crippen molar-refractivity contribution in [2.24, 2.45) is 0 Å². The number of carbonyl (C=O) groups excluding carboxylic acids is 4. The van der Waals surface area contributed by atoms with Gasteiger partial charge >= 0.3 is 18.0 Å². The SMILES string of the molecule is CC(=O)OC[C@H](COP(=O)([O-])OCCNC(=O)COCCOCCOC(=O)NC(C)C)OC(C)=O. The van der Waals surface area contributed by atoms with Crippen molar-refractivity contribution in [2.45, 2.75) is 39.8 Å². The molecule has 0 aliphatic heterocycles. The maximum Gasteiger partial charge on any atom is 0.407 e. The van der Waals surface area contributed by atoms with Crippen LogP contribution in [0.15, 0.2) is 0 Å². The van der Waals surface area contributed by atoms with Gasteiger partial charge in [0.25, 0.3) is 7.82 Å². The summed E-state index contributed by atoms with van der Waals surface area (Å²) in [5, 5.41) is 4.94. The van der Waals surface area contributed by atoms with Gasteiger partial charge in [-0.05, 0) is 13.8 Å². The molecule has 0 heterocycles. The Kier molecular flexibility index (Phi) is 17.7. The zero-order valence-electron chi connectivity index (χ0n) is 20.3. The zero-order chi connectivity index (χ0) is 26.7. The van der Waals surface area contributed by atoms with Crippen LogP contribution in [0.4, 0.5) is 4.79 Å². The van der Waals surface area contributed by atoms with Crippen LogP contribution in [0.2, 0.25) is 0 Å². The lowest BCUT2D eigenvalue weighted by Gasteiger charge is -2.25. The first-order chi connectivity index (χ1) is 16.4. The van der Waals surface area contributed by atoms with Gasteiger partial charge in [0.15, 0.2) is 6.10 Å². The molecule has 0 spiro atoms. The predicted octanol–water partition coefficient (Wildman–Crippen LogP) is -0.733. The number of alkyl carbamates (subject to hydrolysis) is 1. The number of esters is 2. The van der Waals surface area contributed by atoms with Crippen molar-refractivity contribution in [3.8, 4) is 0 Å². The molecular formula is C19H34N2O13P-. The summed E-state index contributed by atoms with van der Waals surface area (Å²) in [6, 6.07) is -0.0287. The molecule has 2 atom stereocenters. The number of hydrogen-bond donors (Lipinski definition) is 2. The minimum atomic E-state index is -4.77. The van der Waals surface area contributed by atoms with Crippen molar-refractivity contribution in [3.63, 3.8) is 0 Å². The van der Waals surface area contributed by atoms with Crippen molar-refractivity contribution < 1.29 is 61.4 Å². The summed E-state index contributed by atoms with van der Waals surface area (Å²) in [6.07, 6.45) is -1.68. The molecule has 1 unspecified atom stereocenters. The summed E-state index contributed by atoms with van der Waals surface area (Å²) in [7, 11) is -4.77. The van der Waals surface area contributed by atoms with Crippen molar-refractivity contribution in [1.82, 2.24) is 10.6 Å². The van der Waals surface area contributed by atoms with Gasteiger partial charge in [0.1, 0.15) is 19.8 Å². The second-order valence-corrected chi connectivity index (χ2v) is 8.47. The smallest absolute Gasteiger partial charge is 0.407 e. The van der Waals surface area contributed by atoms with Gasteiger partial charge in [0.2, 0.25) is 5.91 Å². The van der Waals surface area contributed by atoms with E-state index in [0.29, 0.717) is 0 Å². The molecule has 0 aromatic heterocycles. The molecule has 0 aliphatic rings. The monoisotopic (exact) mass is 529 g/mol. The van der Waals surface area contributed by atoms with Crippen molar-refractivity contribution >= 4 is 31.8 Å². The molecule has 2 N–H and O–H groups in total. The Labute approximate surface area is 203 Å². The second kappa shape index (κ2) is 19.0. The first-order valence-electron chi connectivity index (χ1n) is 10.7. The molecule has 0 aromatic rings. The lowest BCUT2D eigenvalue weighted by Crippen LogP contribution is -2.32. The molecule has 2 amide bonds. The van der Waals surface area contributed by atoms with Crippen LogP contribution in [0, 0.1) is 0 Å². The van der Waals surface area contributed by atoms with Crippen LogP contribution < -0.4 is 15.5 Å². The fourth-order valence-corrected chi connectivity index (χ4v) is 2.77. The normalized spacial score (nSPS) is 13.4. The predicted molar refractivity (Wildman–Crippen MR) is 116 cm³/mol. The average molecular weight is 529 g/mol. The minimum absolute atomic E-state index is 0.0287. The minimum Gasteiger partial charge on any atom is -0.756 e. The van der Waals surface area contributed by atoms with Crippen LogP contribution >= 0.6 is 7.82 Å². The molecule has 0 saturated heterocycles. The van der Waals surface area contributed by atoms with E-state index in [-0.39, 0.29) is 52.2 Å². The van der Waals surface area contributed by atoms with E-state index < -0.39 is 51.1 Å². The highest BCUT2D eigenvalue weighted by atomic mass is 31.2. The van der Waals surface area contributed by atoms with Gasteiger partial charge in [-0.2, -0.15) is 0 Å². The summed E-state index contributed by atoms with van der Waals surface area (Å²) in [4.78, 5) is 56.5. The molecule has 0 fully saturated rings. The Morgan fingerprint density at radius 2 is 1.51 bits per heavy atom. The van der Waals surface area contributed by atoms with Gasteiger partial charge < -0.3 is 48.3 Å². The highest BCUT2D eigenvalue weighted by Crippen LogP contribution is 2.38. The summed E-state index contributed by atoms with van der Waals surface area (Å²) < 4.78 is 45.5. The van der Waals surface area contributed by atoms with Gasteiger partial charge in [0, 0.05) is 26.4 Å². The van der Waals surface area contributed by atoms with Crippen LogP contribution in [0.5, 0.6) is 0 Å². The van der Waals surface area contributed by atoms with E-state index in [2.05, 4.69) is 24.4 Å². The van der Waals surface area contributed by atoms with Crippen LogP contribution in [0.25, 0.3) is 0 Å². The topological polar surface area (TPSA) is 197 Å². The molecule has 0 saturated carbocycles. The summed E-state index contributed by atoms with van der Waals surface area (Å²) in [5.41, 5.74) is 0. The molecule has 0 bridgehead atoms. The van der Waals surface area contributed by atoms with Gasteiger partial charge in [-0.25, -0.2) is 4.79 Å². The third-order valence-corrected chi connectivity index (χ3v) is 4.33. The maximum absolute atomic E-state index is 11.8. The lowest BCUT2D eigenvalue weighted by atomic mass is 10.4. The highest BCUT2D eigenvalue weighted by molar-refractivity contribution is 7.45. The molecular weight excluding hydrogens is 495 g/mol. The number of ether oxygens (including phenoxy) is 5. The number of phosphoric ester groups is 1. The van der Waals surface area contributed by atoms with E-state index >= 15 is 0 Å². The first-order valence-corrected chi connectivity index (χ1v) is 12.1. The first kappa shape index (κ1) is 32.7. The van der Waals surface area contributed by atoms with E-state index in [0.717, 1.165) is 13.8 Å². The number of amides is 2. The largest absolute Gasteiger partial charge is 0.756 e. The number of hydrogen-bond acceptors (Lipinski definition) is 13. The number of phosphoric acid groups is 1. The van der Waals surface area contributed by atoms with Crippen molar-refractivity contribution in [1.29, 1.82) is 0 Å². The third kappa shape index (κ3) is 21.9. The Bertz CT molecular complexity index is 704.